The molecule has 0 spiro atoms. The quantitative estimate of drug-likeness (QED) is 0.404. The Labute approximate surface area is 86.3 Å². The molecule has 0 unspecified atom stereocenters. The lowest BCUT2D eigenvalue weighted by Crippen LogP contribution is -2.17. The highest BCUT2D eigenvalue weighted by Gasteiger charge is 2.08. The van der Waals surface area contributed by atoms with Gasteiger partial charge in [0.2, 0.25) is 0 Å². The zero-order valence-corrected chi connectivity index (χ0v) is 11.2. The van der Waals surface area contributed by atoms with Gasteiger partial charge in [0.25, 0.3) is 0 Å². The topological polar surface area (TPSA) is 0 Å². The first-order chi connectivity index (χ1) is 5.45. The molecule has 12 heavy (non-hydrogen) atoms. The predicted molar refractivity (Wildman–Crippen MR) is 63.4 cm³/mol. The van der Waals surface area contributed by atoms with Gasteiger partial charge < -0.3 is 0 Å². The second kappa shape index (κ2) is 5.83. The maximum absolute atomic E-state index is 3.58. The van der Waals surface area contributed by atoms with Crippen molar-refractivity contribution in [2.75, 3.05) is 0 Å². The minimum atomic E-state index is -1.15. The van der Waals surface area contributed by atoms with E-state index in [2.05, 4.69) is 54.0 Å². The highest BCUT2D eigenvalue weighted by molar-refractivity contribution is 9.09. The van der Waals surface area contributed by atoms with Crippen LogP contribution in [-0.4, -0.2) is 12.9 Å². The Balaban J connectivity index is 3.79. The lowest BCUT2D eigenvalue weighted by atomic mass is 10.2. The van der Waals surface area contributed by atoms with Crippen LogP contribution in [0.15, 0.2) is 0 Å². The molecule has 0 rings (SSSR count). The van der Waals surface area contributed by atoms with Crippen LogP contribution in [-0.2, 0) is 0 Å². The van der Waals surface area contributed by atoms with Crippen molar-refractivity contribution in [3.05, 3.63) is 0 Å². The number of halogens is 1. The van der Waals surface area contributed by atoms with E-state index in [0.717, 1.165) is 0 Å². The fourth-order valence-corrected chi connectivity index (χ4v) is 2.01. The van der Waals surface area contributed by atoms with Crippen molar-refractivity contribution in [3.8, 4) is 11.5 Å². The van der Waals surface area contributed by atoms with Crippen LogP contribution in [0.2, 0.25) is 19.6 Å². The Morgan fingerprint density at radius 1 is 1.33 bits per heavy atom. The third-order valence-corrected chi connectivity index (χ3v) is 3.00. The predicted octanol–water partition coefficient (Wildman–Crippen LogP) is 3.82. The van der Waals surface area contributed by atoms with Crippen LogP contribution >= 0.6 is 15.9 Å². The molecule has 0 aromatic heterocycles. The Bertz CT molecular complexity index is 171. The van der Waals surface area contributed by atoms with Crippen LogP contribution in [0.5, 0.6) is 0 Å². The fraction of sp³-hybridized carbons (Fsp3) is 0.800. The van der Waals surface area contributed by atoms with Gasteiger partial charge in [-0.15, -0.1) is 5.54 Å². The molecular formula is C10H19BrSi. The van der Waals surface area contributed by atoms with Crippen molar-refractivity contribution < 1.29 is 0 Å². The van der Waals surface area contributed by atoms with Gasteiger partial charge in [0, 0.05) is 0 Å². The number of alkyl halides is 1. The molecule has 0 radical (unpaired) electrons. The van der Waals surface area contributed by atoms with E-state index in [-0.39, 0.29) is 0 Å². The lowest BCUT2D eigenvalue weighted by Gasteiger charge is -2.05. The summed E-state index contributed by atoms with van der Waals surface area (Å²) in [5.74, 6) is 3.29. The number of unbranched alkanes of at least 4 members (excludes halogenated alkanes) is 1. The zero-order valence-electron chi connectivity index (χ0n) is 8.58. The Morgan fingerprint density at radius 2 is 1.92 bits per heavy atom. The van der Waals surface area contributed by atoms with Crippen LogP contribution in [0, 0.1) is 11.5 Å². The summed E-state index contributed by atoms with van der Waals surface area (Å²) in [7, 11) is -1.15. The standard InChI is InChI=1S/C10H19BrSi/c1-5-6-7-10(11)8-9-12(2,3)4/h10H,5-7H2,1-4H3/t10-/m0/s1. The summed E-state index contributed by atoms with van der Waals surface area (Å²) in [5.41, 5.74) is 3.37. The van der Waals surface area contributed by atoms with Crippen LogP contribution in [0.4, 0.5) is 0 Å². The van der Waals surface area contributed by atoms with Crippen molar-refractivity contribution in [2.24, 2.45) is 0 Å². The van der Waals surface area contributed by atoms with Gasteiger partial charge in [-0.2, -0.15) is 0 Å². The van der Waals surface area contributed by atoms with E-state index in [4.69, 9.17) is 0 Å². The van der Waals surface area contributed by atoms with Crippen LogP contribution in [0.25, 0.3) is 0 Å². The second-order valence-electron chi connectivity index (χ2n) is 4.13. The van der Waals surface area contributed by atoms with E-state index in [1.165, 1.54) is 19.3 Å². The Hall–Kier alpha value is 0.257. The minimum Gasteiger partial charge on any atom is -0.131 e. The van der Waals surface area contributed by atoms with Gasteiger partial charge in [-0.05, 0) is 6.42 Å². The van der Waals surface area contributed by atoms with Crippen molar-refractivity contribution >= 4 is 24.0 Å². The van der Waals surface area contributed by atoms with Crippen molar-refractivity contribution in [1.29, 1.82) is 0 Å². The van der Waals surface area contributed by atoms with Gasteiger partial charge in [-0.3, -0.25) is 0 Å². The summed E-state index contributed by atoms with van der Waals surface area (Å²) < 4.78 is 0. The molecule has 0 aliphatic carbocycles. The summed E-state index contributed by atoms with van der Waals surface area (Å²) in [4.78, 5) is 0.421. The third-order valence-electron chi connectivity index (χ3n) is 1.41. The third kappa shape index (κ3) is 8.35. The minimum absolute atomic E-state index is 0.421. The van der Waals surface area contributed by atoms with Gasteiger partial charge in [0.05, 0.1) is 4.83 Å². The highest BCUT2D eigenvalue weighted by atomic mass is 79.9. The van der Waals surface area contributed by atoms with E-state index in [9.17, 15) is 0 Å². The van der Waals surface area contributed by atoms with Gasteiger partial charge in [0.15, 0.2) is 0 Å². The van der Waals surface area contributed by atoms with Crippen LogP contribution in [0.1, 0.15) is 26.2 Å². The Kier molecular flexibility index (Phi) is 5.95. The summed E-state index contributed by atoms with van der Waals surface area (Å²) >= 11 is 3.58. The molecule has 0 aliphatic rings. The molecular weight excluding hydrogens is 228 g/mol. The fourth-order valence-electron chi connectivity index (χ4n) is 0.750. The summed E-state index contributed by atoms with van der Waals surface area (Å²) in [6, 6.07) is 0. The SMILES string of the molecule is CCCC[C@H](Br)C#C[Si](C)(C)C. The molecule has 0 bridgehead atoms. The average molecular weight is 247 g/mol. The molecule has 0 N–H and O–H groups in total. The molecule has 0 nitrogen and oxygen atoms in total. The first-order valence-corrected chi connectivity index (χ1v) is 9.04. The molecule has 0 aliphatic heterocycles. The van der Waals surface area contributed by atoms with Crippen molar-refractivity contribution in [1.82, 2.24) is 0 Å². The monoisotopic (exact) mass is 246 g/mol. The van der Waals surface area contributed by atoms with Crippen molar-refractivity contribution in [3.63, 3.8) is 0 Å². The van der Waals surface area contributed by atoms with Gasteiger partial charge >= 0.3 is 0 Å². The van der Waals surface area contributed by atoms with E-state index in [0.29, 0.717) is 4.83 Å². The molecule has 0 amide bonds. The van der Waals surface area contributed by atoms with E-state index >= 15 is 0 Å². The number of hydrogen-bond acceptors (Lipinski definition) is 0. The molecule has 0 aromatic rings. The van der Waals surface area contributed by atoms with E-state index < -0.39 is 8.07 Å². The zero-order chi connectivity index (χ0) is 9.61. The van der Waals surface area contributed by atoms with E-state index in [1.54, 1.807) is 0 Å². The molecule has 1 atom stereocenters. The molecule has 2 heteroatoms. The number of hydrogen-bond donors (Lipinski definition) is 0. The van der Waals surface area contributed by atoms with Crippen LogP contribution in [0.3, 0.4) is 0 Å². The Morgan fingerprint density at radius 3 is 2.33 bits per heavy atom. The van der Waals surface area contributed by atoms with Crippen LogP contribution < -0.4 is 0 Å². The first-order valence-electron chi connectivity index (χ1n) is 4.62. The average Bonchev–Trinajstić information content (AvgIpc) is 1.95. The van der Waals surface area contributed by atoms with Gasteiger partial charge in [0.1, 0.15) is 8.07 Å². The van der Waals surface area contributed by atoms with Crippen molar-refractivity contribution in [2.45, 2.75) is 50.7 Å². The van der Waals surface area contributed by atoms with E-state index in [1.807, 2.05) is 0 Å². The number of rotatable bonds is 3. The molecule has 70 valence electrons. The van der Waals surface area contributed by atoms with Gasteiger partial charge in [-0.1, -0.05) is 61.3 Å². The molecule has 0 aromatic carbocycles. The molecule has 0 fully saturated rings. The molecule has 0 heterocycles. The highest BCUT2D eigenvalue weighted by Crippen LogP contribution is 2.09. The lowest BCUT2D eigenvalue weighted by molar-refractivity contribution is 0.750. The summed E-state index contributed by atoms with van der Waals surface area (Å²) in [6.07, 6.45) is 3.72. The summed E-state index contributed by atoms with van der Waals surface area (Å²) in [5, 5.41) is 0. The maximum Gasteiger partial charge on any atom is 0.129 e. The molecule has 0 saturated carbocycles. The maximum atomic E-state index is 3.58. The largest absolute Gasteiger partial charge is 0.131 e. The second-order valence-corrected chi connectivity index (χ2v) is 9.98. The first kappa shape index (κ1) is 12.3. The normalized spacial score (nSPS) is 13.4. The van der Waals surface area contributed by atoms with Gasteiger partial charge in [-0.25, -0.2) is 0 Å². The molecule has 0 saturated heterocycles. The smallest absolute Gasteiger partial charge is 0.129 e. The summed E-state index contributed by atoms with van der Waals surface area (Å²) in [6.45, 7) is 9.05.